The van der Waals surface area contributed by atoms with Gasteiger partial charge in [0.25, 0.3) is 0 Å². The summed E-state index contributed by atoms with van der Waals surface area (Å²) in [6.07, 6.45) is 4.62. The molecule has 0 amide bonds. The molecule has 1 saturated heterocycles. The number of ether oxygens (including phenoxy) is 1. The van der Waals surface area contributed by atoms with Crippen molar-refractivity contribution in [1.29, 1.82) is 0 Å². The Hall–Kier alpha value is -1.05. The molecule has 0 radical (unpaired) electrons. The van der Waals surface area contributed by atoms with Crippen molar-refractivity contribution in [2.75, 3.05) is 6.61 Å². The van der Waals surface area contributed by atoms with E-state index in [-0.39, 0.29) is 5.97 Å². The van der Waals surface area contributed by atoms with Crippen LogP contribution < -0.4 is 0 Å². The Kier molecular flexibility index (Phi) is 3.09. The monoisotopic (exact) mass is 166 g/mol. The van der Waals surface area contributed by atoms with Crippen molar-refractivity contribution in [3.63, 3.8) is 0 Å². The summed E-state index contributed by atoms with van der Waals surface area (Å²) in [4.78, 5) is 11.0. The molecular formula is C10H14O2. The van der Waals surface area contributed by atoms with Gasteiger partial charge in [-0.25, -0.2) is 4.79 Å². The third-order valence-electron chi connectivity index (χ3n) is 1.82. The molecule has 0 aromatic rings. The van der Waals surface area contributed by atoms with Crippen molar-refractivity contribution in [2.24, 2.45) is 0 Å². The molecule has 1 fully saturated rings. The van der Waals surface area contributed by atoms with Gasteiger partial charge in [-0.2, -0.15) is 0 Å². The second kappa shape index (κ2) is 4.10. The molecule has 0 aromatic carbocycles. The van der Waals surface area contributed by atoms with E-state index in [9.17, 15) is 4.79 Å². The predicted molar refractivity (Wildman–Crippen MR) is 47.7 cm³/mol. The molecule has 0 spiro atoms. The molecular weight excluding hydrogens is 152 g/mol. The molecule has 0 bridgehead atoms. The Balaban J connectivity index is 2.55. The summed E-state index contributed by atoms with van der Waals surface area (Å²) in [6, 6.07) is 0. The number of hydrogen-bond donors (Lipinski definition) is 0. The minimum atomic E-state index is -0.174. The fraction of sp³-hybridized carbons (Fsp3) is 0.500. The Morgan fingerprint density at radius 3 is 3.00 bits per heavy atom. The van der Waals surface area contributed by atoms with Gasteiger partial charge in [-0.3, -0.25) is 0 Å². The zero-order valence-electron chi connectivity index (χ0n) is 7.43. The molecule has 12 heavy (non-hydrogen) atoms. The SMILES string of the molecule is C=C(C=C1CCOC1=O)CCC. The highest BCUT2D eigenvalue weighted by atomic mass is 16.5. The molecule has 2 heteroatoms. The fourth-order valence-electron chi connectivity index (χ4n) is 1.22. The predicted octanol–water partition coefficient (Wildman–Crippen LogP) is 2.22. The smallest absolute Gasteiger partial charge is 0.334 e. The summed E-state index contributed by atoms with van der Waals surface area (Å²) in [5.41, 5.74) is 1.79. The number of allylic oxidation sites excluding steroid dienone is 2. The third-order valence-corrected chi connectivity index (χ3v) is 1.82. The maximum atomic E-state index is 11.0. The summed E-state index contributed by atoms with van der Waals surface area (Å²) in [5.74, 6) is -0.174. The summed E-state index contributed by atoms with van der Waals surface area (Å²) in [5, 5.41) is 0. The highest BCUT2D eigenvalue weighted by Crippen LogP contribution is 2.16. The van der Waals surface area contributed by atoms with Gasteiger partial charge in [0.05, 0.1) is 6.61 Å². The molecule has 0 unspecified atom stereocenters. The van der Waals surface area contributed by atoms with E-state index in [2.05, 4.69) is 13.5 Å². The molecule has 2 nitrogen and oxygen atoms in total. The second-order valence-electron chi connectivity index (χ2n) is 2.96. The van der Waals surface area contributed by atoms with Crippen molar-refractivity contribution in [3.8, 4) is 0 Å². The minimum Gasteiger partial charge on any atom is -0.462 e. The lowest BCUT2D eigenvalue weighted by Gasteiger charge is -1.96. The van der Waals surface area contributed by atoms with E-state index >= 15 is 0 Å². The van der Waals surface area contributed by atoms with Gasteiger partial charge in [-0.15, -0.1) is 0 Å². The van der Waals surface area contributed by atoms with Crippen LogP contribution in [0.3, 0.4) is 0 Å². The number of rotatable bonds is 3. The maximum absolute atomic E-state index is 11.0. The molecule has 1 aliphatic rings. The van der Waals surface area contributed by atoms with E-state index in [0.29, 0.717) is 6.61 Å². The Labute approximate surface area is 72.9 Å². The molecule has 1 aliphatic heterocycles. The first-order chi connectivity index (χ1) is 5.74. The van der Waals surface area contributed by atoms with Gasteiger partial charge in [0, 0.05) is 12.0 Å². The van der Waals surface area contributed by atoms with Crippen molar-refractivity contribution >= 4 is 5.97 Å². The molecule has 66 valence electrons. The summed E-state index contributed by atoms with van der Waals surface area (Å²) >= 11 is 0. The van der Waals surface area contributed by atoms with E-state index in [0.717, 1.165) is 30.4 Å². The molecule has 0 saturated carbocycles. The highest BCUT2D eigenvalue weighted by molar-refractivity contribution is 5.90. The third kappa shape index (κ3) is 2.22. The van der Waals surface area contributed by atoms with Crippen LogP contribution in [-0.4, -0.2) is 12.6 Å². The molecule has 1 heterocycles. The van der Waals surface area contributed by atoms with Crippen LogP contribution in [-0.2, 0) is 9.53 Å². The molecule has 0 aromatic heterocycles. The Bertz CT molecular complexity index is 226. The van der Waals surface area contributed by atoms with Gasteiger partial charge in [0.15, 0.2) is 0 Å². The van der Waals surface area contributed by atoms with Crippen LogP contribution in [0.2, 0.25) is 0 Å². The first-order valence-electron chi connectivity index (χ1n) is 4.29. The second-order valence-corrected chi connectivity index (χ2v) is 2.96. The number of cyclic esters (lactones) is 1. The number of carbonyl (C=O) groups excluding carboxylic acids is 1. The van der Waals surface area contributed by atoms with Gasteiger partial charge in [0.2, 0.25) is 0 Å². The average molecular weight is 166 g/mol. The van der Waals surface area contributed by atoms with Crippen LogP contribution in [0.15, 0.2) is 23.8 Å². The lowest BCUT2D eigenvalue weighted by molar-refractivity contribution is -0.135. The lowest BCUT2D eigenvalue weighted by atomic mass is 10.1. The van der Waals surface area contributed by atoms with Crippen LogP contribution in [0.4, 0.5) is 0 Å². The maximum Gasteiger partial charge on any atom is 0.334 e. The van der Waals surface area contributed by atoms with E-state index in [1.54, 1.807) is 0 Å². The van der Waals surface area contributed by atoms with Crippen molar-refractivity contribution in [1.82, 2.24) is 0 Å². The van der Waals surface area contributed by atoms with Gasteiger partial charge in [-0.05, 0) is 12.5 Å². The molecule has 0 N–H and O–H groups in total. The lowest BCUT2D eigenvalue weighted by Crippen LogP contribution is -1.94. The minimum absolute atomic E-state index is 0.174. The van der Waals surface area contributed by atoms with Crippen LogP contribution in [0.5, 0.6) is 0 Å². The first-order valence-corrected chi connectivity index (χ1v) is 4.29. The van der Waals surface area contributed by atoms with E-state index in [4.69, 9.17) is 4.74 Å². The van der Waals surface area contributed by atoms with E-state index in [1.165, 1.54) is 0 Å². The normalized spacial score (nSPS) is 19.8. The summed E-state index contributed by atoms with van der Waals surface area (Å²) < 4.78 is 4.80. The summed E-state index contributed by atoms with van der Waals surface area (Å²) in [6.45, 7) is 6.48. The average Bonchev–Trinajstić information content (AvgIpc) is 2.37. The largest absolute Gasteiger partial charge is 0.462 e. The van der Waals surface area contributed by atoms with Crippen molar-refractivity contribution in [3.05, 3.63) is 23.8 Å². The standard InChI is InChI=1S/C10H14O2/c1-3-4-8(2)7-9-5-6-12-10(9)11/h7H,2-6H2,1H3. The van der Waals surface area contributed by atoms with Crippen LogP contribution in [0.25, 0.3) is 0 Å². The molecule has 0 atom stereocenters. The number of carbonyl (C=O) groups is 1. The zero-order valence-corrected chi connectivity index (χ0v) is 7.43. The van der Waals surface area contributed by atoms with Gasteiger partial charge >= 0.3 is 5.97 Å². The van der Waals surface area contributed by atoms with Crippen molar-refractivity contribution in [2.45, 2.75) is 26.2 Å². The van der Waals surface area contributed by atoms with E-state index in [1.807, 2.05) is 6.08 Å². The fourth-order valence-corrected chi connectivity index (χ4v) is 1.22. The Morgan fingerprint density at radius 1 is 1.75 bits per heavy atom. The van der Waals surface area contributed by atoms with E-state index < -0.39 is 0 Å². The highest BCUT2D eigenvalue weighted by Gasteiger charge is 2.17. The van der Waals surface area contributed by atoms with Crippen LogP contribution >= 0.6 is 0 Å². The molecule has 0 aliphatic carbocycles. The van der Waals surface area contributed by atoms with Gasteiger partial charge < -0.3 is 4.74 Å². The van der Waals surface area contributed by atoms with Crippen LogP contribution in [0, 0.1) is 0 Å². The van der Waals surface area contributed by atoms with Crippen molar-refractivity contribution < 1.29 is 9.53 Å². The number of hydrogen-bond acceptors (Lipinski definition) is 2. The Morgan fingerprint density at radius 2 is 2.50 bits per heavy atom. The summed E-state index contributed by atoms with van der Waals surface area (Å²) in [7, 11) is 0. The first kappa shape index (κ1) is 9.04. The number of esters is 1. The van der Waals surface area contributed by atoms with Gasteiger partial charge in [0.1, 0.15) is 0 Å². The van der Waals surface area contributed by atoms with Crippen LogP contribution in [0.1, 0.15) is 26.2 Å². The van der Waals surface area contributed by atoms with Gasteiger partial charge in [-0.1, -0.05) is 25.5 Å². The quantitative estimate of drug-likeness (QED) is 0.474. The molecule has 1 rings (SSSR count). The zero-order chi connectivity index (χ0) is 8.97. The topological polar surface area (TPSA) is 26.3 Å².